The number of aromatic amines is 1. The number of fused-ring (bicyclic) bond motifs is 1. The fourth-order valence-corrected chi connectivity index (χ4v) is 2.84. The molecule has 6 heteroatoms. The molecular weight excluding hydrogens is 294 g/mol. The predicted molar refractivity (Wildman–Crippen MR) is 83.2 cm³/mol. The molecule has 0 fully saturated rings. The molecule has 23 heavy (non-hydrogen) atoms. The molecule has 1 aromatic carbocycles. The number of nitrogens with one attached hydrogen (secondary N) is 2. The van der Waals surface area contributed by atoms with E-state index in [0.717, 1.165) is 22.6 Å². The van der Waals surface area contributed by atoms with E-state index in [9.17, 15) is 4.79 Å². The first kappa shape index (κ1) is 13.6. The van der Waals surface area contributed by atoms with Crippen molar-refractivity contribution in [2.75, 3.05) is 6.61 Å². The summed E-state index contributed by atoms with van der Waals surface area (Å²) in [5, 5.41) is 10.1. The van der Waals surface area contributed by atoms with E-state index in [1.807, 2.05) is 37.3 Å². The lowest BCUT2D eigenvalue weighted by Crippen LogP contribution is -2.20. The molecule has 1 atom stereocenters. The van der Waals surface area contributed by atoms with Crippen molar-refractivity contribution in [3.05, 3.63) is 59.7 Å². The fourth-order valence-electron chi connectivity index (χ4n) is 2.84. The lowest BCUT2D eigenvalue weighted by atomic mass is 10.0. The van der Waals surface area contributed by atoms with Gasteiger partial charge in [-0.1, -0.05) is 0 Å². The normalized spacial score (nSPS) is 16.2. The lowest BCUT2D eigenvalue weighted by Gasteiger charge is -2.10. The minimum Gasteiger partial charge on any atom is -0.494 e. The SMILES string of the molecule is CCOc1ccc(-c2n[nH]c3c2[C@H](c2ccco2)NC3=O)cc1. The van der Waals surface area contributed by atoms with Crippen molar-refractivity contribution in [3.63, 3.8) is 0 Å². The third-order valence-corrected chi connectivity index (χ3v) is 3.86. The van der Waals surface area contributed by atoms with Crippen LogP contribution in [0.1, 0.15) is 34.8 Å². The Morgan fingerprint density at radius 1 is 1.26 bits per heavy atom. The first-order valence-corrected chi connectivity index (χ1v) is 7.43. The van der Waals surface area contributed by atoms with Crippen LogP contribution in [0.15, 0.2) is 47.1 Å². The quantitative estimate of drug-likeness (QED) is 0.776. The van der Waals surface area contributed by atoms with E-state index in [1.165, 1.54) is 0 Å². The van der Waals surface area contributed by atoms with E-state index in [4.69, 9.17) is 9.15 Å². The Bertz CT molecular complexity index is 835. The predicted octanol–water partition coefficient (Wildman–Crippen LogP) is 2.90. The molecule has 0 unspecified atom stereocenters. The zero-order valence-corrected chi connectivity index (χ0v) is 12.5. The average Bonchev–Trinajstić information content (AvgIpc) is 3.27. The number of furan rings is 1. The summed E-state index contributed by atoms with van der Waals surface area (Å²) in [4.78, 5) is 12.1. The third kappa shape index (κ3) is 2.19. The summed E-state index contributed by atoms with van der Waals surface area (Å²) in [6.45, 7) is 2.57. The Morgan fingerprint density at radius 2 is 2.09 bits per heavy atom. The van der Waals surface area contributed by atoms with E-state index in [1.54, 1.807) is 12.3 Å². The zero-order chi connectivity index (χ0) is 15.8. The minimum atomic E-state index is -0.326. The maximum atomic E-state index is 12.1. The zero-order valence-electron chi connectivity index (χ0n) is 12.5. The fraction of sp³-hybridized carbons (Fsp3) is 0.176. The number of hydrogen-bond donors (Lipinski definition) is 2. The van der Waals surface area contributed by atoms with Gasteiger partial charge in [-0.15, -0.1) is 0 Å². The van der Waals surface area contributed by atoms with Gasteiger partial charge < -0.3 is 14.5 Å². The van der Waals surface area contributed by atoms with Crippen LogP contribution in [-0.2, 0) is 0 Å². The molecule has 0 radical (unpaired) electrons. The van der Waals surface area contributed by atoms with Gasteiger partial charge in [0.2, 0.25) is 0 Å². The van der Waals surface area contributed by atoms with E-state index in [0.29, 0.717) is 18.1 Å². The molecule has 1 aliphatic rings. The molecule has 0 saturated carbocycles. The molecule has 116 valence electrons. The maximum absolute atomic E-state index is 12.1. The molecule has 6 nitrogen and oxygen atoms in total. The van der Waals surface area contributed by atoms with Crippen LogP contribution in [0.4, 0.5) is 0 Å². The highest BCUT2D eigenvalue weighted by molar-refractivity contribution is 5.99. The van der Waals surface area contributed by atoms with Crippen LogP contribution >= 0.6 is 0 Å². The van der Waals surface area contributed by atoms with Crippen molar-refractivity contribution < 1.29 is 13.9 Å². The van der Waals surface area contributed by atoms with Crippen LogP contribution < -0.4 is 10.1 Å². The van der Waals surface area contributed by atoms with Gasteiger partial charge in [0, 0.05) is 11.1 Å². The van der Waals surface area contributed by atoms with Crippen LogP contribution in [0.2, 0.25) is 0 Å². The Balaban J connectivity index is 1.77. The molecule has 0 bridgehead atoms. The maximum Gasteiger partial charge on any atom is 0.270 e. The summed E-state index contributed by atoms with van der Waals surface area (Å²) in [7, 11) is 0. The van der Waals surface area contributed by atoms with Crippen molar-refractivity contribution in [2.24, 2.45) is 0 Å². The second kappa shape index (κ2) is 5.31. The van der Waals surface area contributed by atoms with Crippen LogP contribution in [-0.4, -0.2) is 22.7 Å². The molecule has 0 aliphatic carbocycles. The average molecular weight is 309 g/mol. The monoisotopic (exact) mass is 309 g/mol. The van der Waals surface area contributed by atoms with E-state index in [-0.39, 0.29) is 11.9 Å². The van der Waals surface area contributed by atoms with Crippen LogP contribution in [0.25, 0.3) is 11.3 Å². The van der Waals surface area contributed by atoms with Gasteiger partial charge >= 0.3 is 0 Å². The van der Waals surface area contributed by atoms with Gasteiger partial charge in [-0.05, 0) is 43.3 Å². The van der Waals surface area contributed by atoms with Gasteiger partial charge in [0.25, 0.3) is 5.91 Å². The van der Waals surface area contributed by atoms with Gasteiger partial charge in [-0.2, -0.15) is 5.10 Å². The Labute approximate surface area is 132 Å². The van der Waals surface area contributed by atoms with Crippen molar-refractivity contribution in [2.45, 2.75) is 13.0 Å². The Hall–Kier alpha value is -3.02. The number of rotatable bonds is 4. The molecule has 3 aromatic rings. The van der Waals surface area contributed by atoms with E-state index >= 15 is 0 Å². The van der Waals surface area contributed by atoms with Gasteiger partial charge in [0.1, 0.15) is 23.2 Å². The number of carbonyl (C=O) groups excluding carboxylic acids is 1. The van der Waals surface area contributed by atoms with Crippen molar-refractivity contribution in [1.82, 2.24) is 15.5 Å². The lowest BCUT2D eigenvalue weighted by molar-refractivity contribution is 0.0953. The van der Waals surface area contributed by atoms with Crippen molar-refractivity contribution in [1.29, 1.82) is 0 Å². The minimum absolute atomic E-state index is 0.175. The highest BCUT2D eigenvalue weighted by Gasteiger charge is 2.36. The Morgan fingerprint density at radius 3 is 2.78 bits per heavy atom. The second-order valence-electron chi connectivity index (χ2n) is 5.24. The number of amides is 1. The number of benzene rings is 1. The van der Waals surface area contributed by atoms with E-state index < -0.39 is 0 Å². The van der Waals surface area contributed by atoms with Crippen LogP contribution in [0, 0.1) is 0 Å². The summed E-state index contributed by atoms with van der Waals surface area (Å²) in [6, 6.07) is 11.0. The number of nitrogens with zero attached hydrogens (tertiary/aromatic N) is 1. The summed E-state index contributed by atoms with van der Waals surface area (Å²) < 4.78 is 10.9. The van der Waals surface area contributed by atoms with E-state index in [2.05, 4.69) is 15.5 Å². The van der Waals surface area contributed by atoms with Crippen molar-refractivity contribution >= 4 is 5.91 Å². The third-order valence-electron chi connectivity index (χ3n) is 3.86. The standard InChI is InChI=1S/C17H15N3O3/c1-2-22-11-7-5-10(6-8-11)14-13-15(12-4-3-9-23-12)18-17(21)16(13)20-19-14/h3-9,15H,2H2,1H3,(H,18,21)(H,19,20)/t15-/m0/s1. The largest absolute Gasteiger partial charge is 0.494 e. The molecule has 0 spiro atoms. The van der Waals surface area contributed by atoms with Gasteiger partial charge in [-0.3, -0.25) is 9.89 Å². The summed E-state index contributed by atoms with van der Waals surface area (Å²) in [5.74, 6) is 1.32. The topological polar surface area (TPSA) is 80.2 Å². The number of carbonyl (C=O) groups is 1. The smallest absolute Gasteiger partial charge is 0.270 e. The first-order valence-electron chi connectivity index (χ1n) is 7.43. The highest BCUT2D eigenvalue weighted by atomic mass is 16.5. The first-order chi connectivity index (χ1) is 11.3. The van der Waals surface area contributed by atoms with Crippen molar-refractivity contribution in [3.8, 4) is 17.0 Å². The number of hydrogen-bond acceptors (Lipinski definition) is 4. The summed E-state index contributed by atoms with van der Waals surface area (Å²) in [5.41, 5.74) is 2.95. The van der Waals surface area contributed by atoms with Gasteiger partial charge in [0.15, 0.2) is 0 Å². The van der Waals surface area contributed by atoms with Crippen LogP contribution in [0.5, 0.6) is 5.75 Å². The second-order valence-corrected chi connectivity index (χ2v) is 5.24. The molecule has 0 saturated heterocycles. The molecule has 3 heterocycles. The number of aromatic nitrogens is 2. The van der Waals surface area contributed by atoms with Gasteiger partial charge in [0.05, 0.1) is 18.6 Å². The summed E-state index contributed by atoms with van der Waals surface area (Å²) >= 11 is 0. The molecule has 2 N–H and O–H groups in total. The Kier molecular flexibility index (Phi) is 3.15. The summed E-state index contributed by atoms with van der Waals surface area (Å²) in [6.07, 6.45) is 1.59. The highest BCUT2D eigenvalue weighted by Crippen LogP contribution is 2.37. The van der Waals surface area contributed by atoms with Crippen LogP contribution in [0.3, 0.4) is 0 Å². The molecule has 4 rings (SSSR count). The molecule has 1 amide bonds. The number of ether oxygens (including phenoxy) is 1. The molecular formula is C17H15N3O3. The molecule has 2 aromatic heterocycles. The number of H-pyrrole nitrogens is 1. The van der Waals surface area contributed by atoms with Gasteiger partial charge in [-0.25, -0.2) is 0 Å². The molecule has 1 aliphatic heterocycles.